The molecule has 3 atom stereocenters. The fraction of sp³-hybridized carbons (Fsp3) is 0.891. The van der Waals surface area contributed by atoms with Crippen molar-refractivity contribution in [2.24, 2.45) is 0 Å². The summed E-state index contributed by atoms with van der Waals surface area (Å²) in [5.41, 5.74) is 0. The van der Waals surface area contributed by atoms with Crippen molar-refractivity contribution in [2.75, 3.05) is 40.9 Å². The number of nitrogens with one attached hydrogen (secondary N) is 1. The van der Waals surface area contributed by atoms with E-state index in [1.165, 1.54) is 141 Å². The molecule has 8 nitrogen and oxygen atoms in total. The largest absolute Gasteiger partial charge is 0.472 e. The van der Waals surface area contributed by atoms with Crippen molar-refractivity contribution in [1.82, 2.24) is 5.32 Å². The first-order chi connectivity index (χ1) is 26.5. The van der Waals surface area contributed by atoms with Gasteiger partial charge >= 0.3 is 7.82 Å². The molecule has 3 N–H and O–H groups in total. The summed E-state index contributed by atoms with van der Waals surface area (Å²) in [4.78, 5) is 23.1. The zero-order chi connectivity index (χ0) is 40.7. The minimum Gasteiger partial charge on any atom is -0.391 e. The van der Waals surface area contributed by atoms with E-state index in [-0.39, 0.29) is 19.1 Å². The highest BCUT2D eigenvalue weighted by Gasteiger charge is 2.28. The molecular formula is C46H92N2O6P+. The molecule has 0 spiro atoms. The molecule has 0 radical (unpaired) electrons. The Morgan fingerprint density at radius 3 is 1.49 bits per heavy atom. The lowest BCUT2D eigenvalue weighted by molar-refractivity contribution is -0.870. The van der Waals surface area contributed by atoms with Crippen LogP contribution in [-0.4, -0.2) is 73.4 Å². The normalized spacial score (nSPS) is 14.5. The second-order valence-corrected chi connectivity index (χ2v) is 18.6. The maximum Gasteiger partial charge on any atom is 0.472 e. The Balaban J connectivity index is 4.28. The second-order valence-electron chi connectivity index (χ2n) is 17.1. The number of aliphatic hydroxyl groups excluding tert-OH is 1. The van der Waals surface area contributed by atoms with E-state index in [9.17, 15) is 19.4 Å². The first-order valence-electron chi connectivity index (χ1n) is 23.2. The van der Waals surface area contributed by atoms with Gasteiger partial charge in [-0.2, -0.15) is 0 Å². The van der Waals surface area contributed by atoms with Gasteiger partial charge in [0.05, 0.1) is 39.9 Å². The van der Waals surface area contributed by atoms with Crippen molar-refractivity contribution in [3.8, 4) is 0 Å². The fourth-order valence-corrected chi connectivity index (χ4v) is 7.46. The fourth-order valence-electron chi connectivity index (χ4n) is 6.72. The third-order valence-corrected chi connectivity index (χ3v) is 11.4. The molecule has 3 unspecified atom stereocenters. The topological polar surface area (TPSA) is 105 Å². The highest BCUT2D eigenvalue weighted by molar-refractivity contribution is 7.47. The van der Waals surface area contributed by atoms with E-state index >= 15 is 0 Å². The number of allylic oxidation sites excluding steroid dienone is 4. The van der Waals surface area contributed by atoms with Crippen LogP contribution < -0.4 is 5.32 Å². The first-order valence-corrected chi connectivity index (χ1v) is 24.7. The number of phosphoric ester groups is 1. The standard InChI is InChI=1S/C46H91N2O6P/c1-6-8-10-12-14-16-18-20-21-22-23-24-25-26-27-28-30-32-34-36-38-40-46(50)47-44(43-54-55(51,52)53-42-41-48(3,4)5)45(49)39-37-35-33-31-29-19-17-15-13-11-9-7-2/h18,20,22-23,44-45,49H,6-17,19,21,24-43H2,1-5H3,(H-,47,50,51,52)/p+1/b20-18-,23-22-. The van der Waals surface area contributed by atoms with E-state index in [0.717, 1.165) is 44.9 Å². The van der Waals surface area contributed by atoms with Gasteiger partial charge in [-0.25, -0.2) is 4.57 Å². The van der Waals surface area contributed by atoms with Crippen LogP contribution in [0.1, 0.15) is 213 Å². The van der Waals surface area contributed by atoms with Crippen LogP contribution in [0.2, 0.25) is 0 Å². The summed E-state index contributed by atoms with van der Waals surface area (Å²) in [6.45, 7) is 4.87. The average Bonchev–Trinajstić information content (AvgIpc) is 3.13. The van der Waals surface area contributed by atoms with E-state index in [2.05, 4.69) is 43.5 Å². The zero-order valence-electron chi connectivity index (χ0n) is 36.9. The van der Waals surface area contributed by atoms with E-state index in [1.807, 2.05) is 21.1 Å². The summed E-state index contributed by atoms with van der Waals surface area (Å²) in [5, 5.41) is 13.9. The average molecular weight is 800 g/mol. The number of hydrogen-bond acceptors (Lipinski definition) is 5. The molecule has 0 heterocycles. The smallest absolute Gasteiger partial charge is 0.391 e. The predicted octanol–water partition coefficient (Wildman–Crippen LogP) is 12.9. The minimum absolute atomic E-state index is 0.0744. The lowest BCUT2D eigenvalue weighted by Gasteiger charge is -2.26. The molecule has 0 bridgehead atoms. The van der Waals surface area contributed by atoms with Crippen molar-refractivity contribution in [2.45, 2.75) is 225 Å². The van der Waals surface area contributed by atoms with Gasteiger partial charge in [0, 0.05) is 6.42 Å². The highest BCUT2D eigenvalue weighted by atomic mass is 31.2. The van der Waals surface area contributed by atoms with Gasteiger partial charge < -0.3 is 19.8 Å². The number of aliphatic hydroxyl groups is 1. The molecule has 0 aliphatic carbocycles. The van der Waals surface area contributed by atoms with Gasteiger partial charge in [-0.3, -0.25) is 13.8 Å². The summed E-state index contributed by atoms with van der Waals surface area (Å²) in [6.07, 6.45) is 44.9. The molecule has 9 heteroatoms. The van der Waals surface area contributed by atoms with Gasteiger partial charge in [0.15, 0.2) is 0 Å². The molecule has 0 aromatic rings. The zero-order valence-corrected chi connectivity index (χ0v) is 37.8. The molecule has 0 rings (SSSR count). The monoisotopic (exact) mass is 800 g/mol. The molecular weight excluding hydrogens is 707 g/mol. The van der Waals surface area contributed by atoms with Crippen LogP contribution in [0.5, 0.6) is 0 Å². The van der Waals surface area contributed by atoms with Crippen LogP contribution in [0.15, 0.2) is 24.3 Å². The molecule has 0 aromatic carbocycles. The van der Waals surface area contributed by atoms with Gasteiger partial charge in [0.1, 0.15) is 13.2 Å². The number of phosphoric acid groups is 1. The maximum atomic E-state index is 12.9. The van der Waals surface area contributed by atoms with Gasteiger partial charge in [0.2, 0.25) is 5.91 Å². The van der Waals surface area contributed by atoms with Crippen molar-refractivity contribution in [3.63, 3.8) is 0 Å². The molecule has 0 aliphatic rings. The SMILES string of the molecule is CCCCCCC/C=C\C/C=C\CCCCCCCCCCCC(=O)NC(COP(=O)(O)OCC[N+](C)(C)C)C(O)CCCCCCCCCCCCCC. The number of nitrogens with zero attached hydrogens (tertiary/aromatic N) is 1. The summed E-state index contributed by atoms with van der Waals surface area (Å²) in [7, 11) is 1.61. The Morgan fingerprint density at radius 2 is 1.04 bits per heavy atom. The number of carbonyl (C=O) groups is 1. The van der Waals surface area contributed by atoms with Crippen LogP contribution in [-0.2, 0) is 18.4 Å². The van der Waals surface area contributed by atoms with Gasteiger partial charge in [0.25, 0.3) is 0 Å². The third kappa shape index (κ3) is 41.0. The van der Waals surface area contributed by atoms with Gasteiger partial charge in [-0.1, -0.05) is 186 Å². The molecule has 0 saturated heterocycles. The van der Waals surface area contributed by atoms with Crippen molar-refractivity contribution >= 4 is 13.7 Å². The van der Waals surface area contributed by atoms with Gasteiger partial charge in [-0.15, -0.1) is 0 Å². The molecule has 326 valence electrons. The third-order valence-electron chi connectivity index (χ3n) is 10.5. The van der Waals surface area contributed by atoms with E-state index in [4.69, 9.17) is 9.05 Å². The van der Waals surface area contributed by atoms with E-state index < -0.39 is 20.0 Å². The number of unbranched alkanes of at least 4 members (excludes halogenated alkanes) is 25. The lowest BCUT2D eigenvalue weighted by Crippen LogP contribution is -2.46. The number of carbonyl (C=O) groups excluding carboxylic acids is 1. The summed E-state index contributed by atoms with van der Waals surface area (Å²) < 4.78 is 23.6. The summed E-state index contributed by atoms with van der Waals surface area (Å²) in [5.74, 6) is -0.149. The highest BCUT2D eigenvalue weighted by Crippen LogP contribution is 2.43. The Morgan fingerprint density at radius 1 is 0.618 bits per heavy atom. The van der Waals surface area contributed by atoms with Crippen LogP contribution in [0.4, 0.5) is 0 Å². The molecule has 0 fully saturated rings. The number of amides is 1. The quantitative estimate of drug-likeness (QED) is 0.0246. The summed E-state index contributed by atoms with van der Waals surface area (Å²) in [6, 6.07) is -0.759. The molecule has 1 amide bonds. The van der Waals surface area contributed by atoms with E-state index in [0.29, 0.717) is 23.9 Å². The Bertz CT molecular complexity index is 953. The maximum absolute atomic E-state index is 12.9. The molecule has 55 heavy (non-hydrogen) atoms. The molecule has 0 aromatic heterocycles. The van der Waals surface area contributed by atoms with Crippen molar-refractivity contribution in [1.29, 1.82) is 0 Å². The Hall–Kier alpha value is -1.02. The lowest BCUT2D eigenvalue weighted by atomic mass is 10.0. The van der Waals surface area contributed by atoms with E-state index in [1.54, 1.807) is 0 Å². The number of likely N-dealkylation sites (N-methyl/N-ethyl adjacent to an activating group) is 1. The van der Waals surface area contributed by atoms with Crippen LogP contribution >= 0.6 is 7.82 Å². The molecule has 0 saturated carbocycles. The summed E-state index contributed by atoms with van der Waals surface area (Å²) >= 11 is 0. The Kier molecular flexibility index (Phi) is 37.8. The minimum atomic E-state index is -4.31. The second kappa shape index (κ2) is 38.5. The number of quaternary nitrogens is 1. The van der Waals surface area contributed by atoms with Crippen molar-refractivity contribution in [3.05, 3.63) is 24.3 Å². The predicted molar refractivity (Wildman–Crippen MR) is 235 cm³/mol. The molecule has 0 aliphatic heterocycles. The Labute approximate surface area is 341 Å². The van der Waals surface area contributed by atoms with Crippen LogP contribution in [0, 0.1) is 0 Å². The van der Waals surface area contributed by atoms with Crippen LogP contribution in [0.3, 0.4) is 0 Å². The van der Waals surface area contributed by atoms with Crippen molar-refractivity contribution < 1.29 is 32.9 Å². The number of hydrogen-bond donors (Lipinski definition) is 3. The first kappa shape index (κ1) is 54.0. The van der Waals surface area contributed by atoms with Gasteiger partial charge in [-0.05, 0) is 44.9 Å². The number of rotatable bonds is 42. The van der Waals surface area contributed by atoms with Crippen LogP contribution in [0.25, 0.3) is 0 Å².